The number of hydrogen-bond acceptors (Lipinski definition) is 2. The highest BCUT2D eigenvalue weighted by Gasteiger charge is 2.56. The lowest BCUT2D eigenvalue weighted by molar-refractivity contribution is -0.248. The molecule has 0 saturated heterocycles. The van der Waals surface area contributed by atoms with Crippen molar-refractivity contribution in [3.8, 4) is 5.69 Å². The lowest BCUT2D eigenvalue weighted by Gasteiger charge is -2.31. The molecular weight excluding hydrogens is 410 g/mol. The largest absolute Gasteiger partial charge is 0.425 e. The van der Waals surface area contributed by atoms with Gasteiger partial charge in [0.2, 0.25) is 5.60 Å². The maximum atomic E-state index is 13.9. The Morgan fingerprint density at radius 2 is 1.40 bits per heavy atom. The van der Waals surface area contributed by atoms with Gasteiger partial charge in [-0.05, 0) is 54.1 Å². The maximum Gasteiger partial charge on any atom is 0.425 e. The number of halogens is 6. The van der Waals surface area contributed by atoms with E-state index in [1.54, 1.807) is 0 Å². The van der Waals surface area contributed by atoms with E-state index in [2.05, 4.69) is 5.10 Å². The molecule has 4 aromatic rings. The summed E-state index contributed by atoms with van der Waals surface area (Å²) in [6, 6.07) is 10.2. The highest BCUT2D eigenvalue weighted by atomic mass is 19.4. The molecule has 3 aromatic carbocycles. The van der Waals surface area contributed by atoms with Crippen LogP contribution in [0.3, 0.4) is 0 Å². The predicted octanol–water partition coefficient (Wildman–Crippen LogP) is 5.24. The molecule has 4 rings (SSSR count). The molecule has 1 unspecified atom stereocenters. The van der Waals surface area contributed by atoms with Gasteiger partial charge in [0.15, 0.2) is 11.6 Å². The average Bonchev–Trinajstić information content (AvgIpc) is 3.12. The minimum atomic E-state index is -5.22. The van der Waals surface area contributed by atoms with Crippen molar-refractivity contribution in [3.05, 3.63) is 95.4 Å². The summed E-state index contributed by atoms with van der Waals surface area (Å²) >= 11 is 0. The first-order valence-corrected chi connectivity index (χ1v) is 8.60. The quantitative estimate of drug-likeness (QED) is 0.459. The van der Waals surface area contributed by atoms with Crippen LogP contribution in [-0.2, 0) is 5.60 Å². The summed E-state index contributed by atoms with van der Waals surface area (Å²) in [5, 5.41) is 15.0. The van der Waals surface area contributed by atoms with Gasteiger partial charge in [0, 0.05) is 10.9 Å². The first kappa shape index (κ1) is 20.0. The van der Waals surface area contributed by atoms with Crippen molar-refractivity contribution in [3.63, 3.8) is 0 Å². The molecule has 0 aliphatic rings. The summed E-state index contributed by atoms with van der Waals surface area (Å²) in [7, 11) is 0. The van der Waals surface area contributed by atoms with Crippen LogP contribution in [-0.4, -0.2) is 21.1 Å². The van der Waals surface area contributed by atoms with Gasteiger partial charge in [-0.25, -0.2) is 17.9 Å². The van der Waals surface area contributed by atoms with Crippen molar-refractivity contribution in [2.45, 2.75) is 11.8 Å². The van der Waals surface area contributed by atoms with E-state index in [-0.39, 0.29) is 5.39 Å². The number of fused-ring (bicyclic) bond motifs is 1. The second-order valence-corrected chi connectivity index (χ2v) is 6.64. The van der Waals surface area contributed by atoms with Crippen LogP contribution in [0.15, 0.2) is 66.9 Å². The SMILES string of the molecule is OC(c1ccc(F)c(F)c1)(c1ccc2c(cnn2-c2ccc(F)cc2)c1)C(F)(F)F. The third-order valence-electron chi connectivity index (χ3n) is 4.80. The van der Waals surface area contributed by atoms with E-state index < -0.39 is 40.4 Å². The van der Waals surface area contributed by atoms with E-state index in [1.165, 1.54) is 41.2 Å². The van der Waals surface area contributed by atoms with Crippen LogP contribution >= 0.6 is 0 Å². The van der Waals surface area contributed by atoms with Gasteiger partial charge in [0.05, 0.1) is 17.4 Å². The smallest absolute Gasteiger partial charge is 0.372 e. The topological polar surface area (TPSA) is 38.1 Å². The van der Waals surface area contributed by atoms with Crippen LogP contribution in [0.1, 0.15) is 11.1 Å². The Labute approximate surface area is 165 Å². The number of alkyl halides is 3. The van der Waals surface area contributed by atoms with Gasteiger partial charge in [-0.15, -0.1) is 0 Å². The summed E-state index contributed by atoms with van der Waals surface area (Å²) in [5.74, 6) is -3.31. The zero-order chi connectivity index (χ0) is 21.7. The number of rotatable bonds is 3. The highest BCUT2D eigenvalue weighted by Crippen LogP contribution is 2.45. The predicted molar refractivity (Wildman–Crippen MR) is 96.4 cm³/mol. The first-order valence-electron chi connectivity index (χ1n) is 8.60. The van der Waals surface area contributed by atoms with Gasteiger partial charge in [0.1, 0.15) is 5.82 Å². The second-order valence-electron chi connectivity index (χ2n) is 6.64. The van der Waals surface area contributed by atoms with Crippen LogP contribution < -0.4 is 0 Å². The fourth-order valence-electron chi connectivity index (χ4n) is 3.26. The molecule has 154 valence electrons. The summed E-state index contributed by atoms with van der Waals surface area (Å²) < 4.78 is 83.0. The summed E-state index contributed by atoms with van der Waals surface area (Å²) in [6.07, 6.45) is -3.94. The molecule has 0 amide bonds. The van der Waals surface area contributed by atoms with Gasteiger partial charge >= 0.3 is 6.18 Å². The number of aromatic nitrogens is 2. The highest BCUT2D eigenvalue weighted by molar-refractivity contribution is 5.81. The minimum absolute atomic E-state index is 0.252. The molecule has 30 heavy (non-hydrogen) atoms. The molecule has 0 fully saturated rings. The summed E-state index contributed by atoms with van der Waals surface area (Å²) in [6.45, 7) is 0. The van der Waals surface area contributed by atoms with Crippen LogP contribution in [0.2, 0.25) is 0 Å². The van der Waals surface area contributed by atoms with Crippen molar-refractivity contribution in [1.82, 2.24) is 9.78 Å². The van der Waals surface area contributed by atoms with Crippen molar-refractivity contribution < 1.29 is 31.4 Å². The summed E-state index contributed by atoms with van der Waals surface area (Å²) in [5.41, 5.74) is -4.15. The lowest BCUT2D eigenvalue weighted by atomic mass is 9.85. The van der Waals surface area contributed by atoms with E-state index in [0.717, 1.165) is 12.1 Å². The molecule has 0 aliphatic carbocycles. The summed E-state index contributed by atoms with van der Waals surface area (Å²) in [4.78, 5) is 0. The Morgan fingerprint density at radius 3 is 2.03 bits per heavy atom. The number of hydrogen-bond donors (Lipinski definition) is 1. The first-order chi connectivity index (χ1) is 14.1. The molecule has 1 heterocycles. The molecule has 1 aromatic heterocycles. The molecule has 0 aliphatic heterocycles. The fraction of sp³-hybridized carbons (Fsp3) is 0.0952. The van der Waals surface area contributed by atoms with Gasteiger partial charge < -0.3 is 5.11 Å². The fourth-order valence-corrected chi connectivity index (χ4v) is 3.26. The standard InChI is InChI=1S/C21H12F6N2O/c22-15-3-5-16(6-4-15)29-19-8-2-13(9-12(19)11-28-29)20(30,21(25,26)27)14-1-7-17(23)18(24)10-14/h1-11,30H. The van der Waals surface area contributed by atoms with Crippen molar-refractivity contribution in [1.29, 1.82) is 0 Å². The van der Waals surface area contributed by atoms with Crippen molar-refractivity contribution in [2.24, 2.45) is 0 Å². The van der Waals surface area contributed by atoms with E-state index >= 15 is 0 Å². The van der Waals surface area contributed by atoms with Crippen LogP contribution in [0.25, 0.3) is 16.6 Å². The van der Waals surface area contributed by atoms with Crippen LogP contribution in [0, 0.1) is 17.5 Å². The van der Waals surface area contributed by atoms with E-state index in [9.17, 15) is 31.4 Å². The van der Waals surface area contributed by atoms with Crippen LogP contribution in [0.4, 0.5) is 26.3 Å². The number of aliphatic hydroxyl groups is 1. The second kappa shape index (κ2) is 6.88. The van der Waals surface area contributed by atoms with Crippen molar-refractivity contribution in [2.75, 3.05) is 0 Å². The van der Waals surface area contributed by atoms with Gasteiger partial charge in [-0.2, -0.15) is 18.3 Å². The zero-order valence-electron chi connectivity index (χ0n) is 15.0. The van der Waals surface area contributed by atoms with E-state index in [1.807, 2.05) is 0 Å². The van der Waals surface area contributed by atoms with Crippen LogP contribution in [0.5, 0.6) is 0 Å². The molecule has 9 heteroatoms. The molecule has 1 N–H and O–H groups in total. The molecule has 0 spiro atoms. The van der Waals surface area contributed by atoms with Gasteiger partial charge in [0.25, 0.3) is 0 Å². The molecule has 0 bridgehead atoms. The zero-order valence-corrected chi connectivity index (χ0v) is 15.0. The van der Waals surface area contributed by atoms with E-state index in [4.69, 9.17) is 0 Å². The Kier molecular flexibility index (Phi) is 4.58. The Bertz CT molecular complexity index is 1230. The van der Waals surface area contributed by atoms with Crippen molar-refractivity contribution >= 4 is 10.9 Å². The number of benzene rings is 3. The molecule has 1 atom stereocenters. The molecule has 3 nitrogen and oxygen atoms in total. The van der Waals surface area contributed by atoms with Gasteiger partial charge in [-0.1, -0.05) is 12.1 Å². The Balaban J connectivity index is 1.87. The lowest BCUT2D eigenvalue weighted by Crippen LogP contribution is -2.43. The Morgan fingerprint density at radius 1 is 0.767 bits per heavy atom. The molecule has 0 radical (unpaired) electrons. The van der Waals surface area contributed by atoms with Gasteiger partial charge in [-0.3, -0.25) is 0 Å². The third kappa shape index (κ3) is 3.11. The third-order valence-corrected chi connectivity index (χ3v) is 4.80. The normalized spacial score (nSPS) is 14.1. The average molecular weight is 422 g/mol. The molecular formula is C21H12F6N2O. The van der Waals surface area contributed by atoms with E-state index in [0.29, 0.717) is 29.4 Å². The number of nitrogens with zero attached hydrogens (tertiary/aromatic N) is 2. The molecule has 0 saturated carbocycles. The minimum Gasteiger partial charge on any atom is -0.372 e. The maximum absolute atomic E-state index is 13.9. The Hall–Kier alpha value is -3.33. The monoisotopic (exact) mass is 422 g/mol.